The number of aliphatic hydroxyl groups excluding tert-OH is 1. The molecule has 0 radical (unpaired) electrons. The first-order valence-corrected chi connectivity index (χ1v) is 8.01. The fourth-order valence-electron chi connectivity index (χ4n) is 2.27. The molecule has 0 bridgehead atoms. The molecule has 0 saturated carbocycles. The first-order valence-electron chi connectivity index (χ1n) is 6.19. The molecule has 0 aromatic heterocycles. The second kappa shape index (κ2) is 5.45. The number of aliphatic hydroxyl groups is 1. The summed E-state index contributed by atoms with van der Waals surface area (Å²) in [6.07, 6.45) is -0.959. The van der Waals surface area contributed by atoms with Gasteiger partial charge in [0.1, 0.15) is 6.04 Å². The Kier molecular flexibility index (Phi) is 4.16. The number of nitrogen functional groups attached to an aromatic ring is 1. The summed E-state index contributed by atoms with van der Waals surface area (Å²) in [7, 11) is -4.02. The number of hydrogen-bond donors (Lipinski definition) is 3. The lowest BCUT2D eigenvalue weighted by Gasteiger charge is -2.22. The van der Waals surface area contributed by atoms with Crippen LogP contribution in [0.25, 0.3) is 0 Å². The first kappa shape index (κ1) is 16.0. The van der Waals surface area contributed by atoms with Crippen molar-refractivity contribution in [2.75, 3.05) is 12.3 Å². The van der Waals surface area contributed by atoms with Crippen LogP contribution in [0.2, 0.25) is 5.02 Å². The number of halogens is 1. The van der Waals surface area contributed by atoms with Gasteiger partial charge >= 0.3 is 0 Å². The van der Waals surface area contributed by atoms with E-state index < -0.39 is 28.1 Å². The van der Waals surface area contributed by atoms with Crippen molar-refractivity contribution < 1.29 is 18.3 Å². The Morgan fingerprint density at radius 3 is 2.62 bits per heavy atom. The van der Waals surface area contributed by atoms with Gasteiger partial charge < -0.3 is 16.6 Å². The summed E-state index contributed by atoms with van der Waals surface area (Å²) >= 11 is 5.96. The van der Waals surface area contributed by atoms with E-state index in [-0.39, 0.29) is 28.6 Å². The molecule has 1 saturated heterocycles. The van der Waals surface area contributed by atoms with Gasteiger partial charge in [0.15, 0.2) is 0 Å². The van der Waals surface area contributed by atoms with Gasteiger partial charge in [-0.1, -0.05) is 11.6 Å². The zero-order valence-electron chi connectivity index (χ0n) is 11.3. The fourth-order valence-corrected chi connectivity index (χ4v) is 4.27. The summed E-state index contributed by atoms with van der Waals surface area (Å²) in [5, 5.41) is 9.83. The number of anilines is 1. The van der Waals surface area contributed by atoms with E-state index in [1.54, 1.807) is 6.92 Å². The molecule has 9 heteroatoms. The highest BCUT2D eigenvalue weighted by Gasteiger charge is 2.42. The Morgan fingerprint density at radius 1 is 1.48 bits per heavy atom. The van der Waals surface area contributed by atoms with Crippen LogP contribution in [-0.4, -0.2) is 42.4 Å². The van der Waals surface area contributed by atoms with Gasteiger partial charge in [0, 0.05) is 23.7 Å². The van der Waals surface area contributed by atoms with Crippen LogP contribution in [0, 0.1) is 6.92 Å². The van der Waals surface area contributed by atoms with Crippen molar-refractivity contribution in [1.82, 2.24) is 4.31 Å². The number of amides is 1. The fraction of sp³-hybridized carbons (Fsp3) is 0.417. The van der Waals surface area contributed by atoms with Crippen molar-refractivity contribution in [3.8, 4) is 0 Å². The zero-order valence-corrected chi connectivity index (χ0v) is 12.9. The Hall–Kier alpha value is -1.35. The molecule has 1 heterocycles. The Bertz CT molecular complexity index is 669. The van der Waals surface area contributed by atoms with Crippen LogP contribution >= 0.6 is 11.6 Å². The zero-order chi connectivity index (χ0) is 15.9. The van der Waals surface area contributed by atoms with E-state index in [1.165, 1.54) is 12.1 Å². The van der Waals surface area contributed by atoms with Gasteiger partial charge in [0.2, 0.25) is 15.9 Å². The van der Waals surface area contributed by atoms with Crippen molar-refractivity contribution in [2.45, 2.75) is 30.4 Å². The summed E-state index contributed by atoms with van der Waals surface area (Å²) in [4.78, 5) is 11.2. The summed E-state index contributed by atoms with van der Waals surface area (Å²) < 4.78 is 26.1. The predicted molar refractivity (Wildman–Crippen MR) is 78.1 cm³/mol. The molecular formula is C12H16ClN3O4S. The van der Waals surface area contributed by atoms with Gasteiger partial charge in [-0.15, -0.1) is 0 Å². The van der Waals surface area contributed by atoms with Crippen molar-refractivity contribution in [2.24, 2.45) is 5.73 Å². The van der Waals surface area contributed by atoms with Crippen molar-refractivity contribution >= 4 is 33.2 Å². The van der Waals surface area contributed by atoms with Crippen molar-refractivity contribution in [3.05, 3.63) is 22.7 Å². The highest BCUT2D eigenvalue weighted by molar-refractivity contribution is 7.89. The minimum atomic E-state index is -4.02. The van der Waals surface area contributed by atoms with Gasteiger partial charge in [0.05, 0.1) is 11.0 Å². The molecule has 2 unspecified atom stereocenters. The van der Waals surface area contributed by atoms with Crippen LogP contribution in [0.4, 0.5) is 5.69 Å². The van der Waals surface area contributed by atoms with Crippen LogP contribution in [0.3, 0.4) is 0 Å². The minimum absolute atomic E-state index is 0.0242. The number of sulfonamides is 1. The van der Waals surface area contributed by atoms with Crippen LogP contribution in [0.1, 0.15) is 12.0 Å². The van der Waals surface area contributed by atoms with E-state index >= 15 is 0 Å². The molecule has 1 aliphatic rings. The summed E-state index contributed by atoms with van der Waals surface area (Å²) in [6.45, 7) is 1.47. The number of nitrogens with two attached hydrogens (primary N) is 2. The van der Waals surface area contributed by atoms with Crippen LogP contribution < -0.4 is 11.5 Å². The number of nitrogens with zero attached hydrogens (tertiary/aromatic N) is 1. The molecule has 7 nitrogen and oxygen atoms in total. The lowest BCUT2D eigenvalue weighted by atomic mass is 10.2. The molecule has 0 aliphatic carbocycles. The second-order valence-electron chi connectivity index (χ2n) is 5.00. The molecule has 1 aromatic carbocycles. The summed E-state index contributed by atoms with van der Waals surface area (Å²) in [6, 6.07) is 1.47. The number of primary amides is 1. The number of carbonyl (C=O) groups is 1. The SMILES string of the molecule is Cc1c(N)cc(S(=O)(=O)N2CC(O)CC2C(N)=O)cc1Cl. The normalized spacial score (nSPS) is 23.4. The molecule has 5 N–H and O–H groups in total. The number of carbonyl (C=O) groups excluding carboxylic acids is 1. The van der Waals surface area contributed by atoms with E-state index in [9.17, 15) is 18.3 Å². The third-order valence-electron chi connectivity index (χ3n) is 3.53. The van der Waals surface area contributed by atoms with Gasteiger partial charge in [-0.2, -0.15) is 4.31 Å². The molecule has 2 rings (SSSR count). The molecular weight excluding hydrogens is 318 g/mol. The largest absolute Gasteiger partial charge is 0.398 e. The van der Waals surface area contributed by atoms with Gasteiger partial charge in [-0.05, 0) is 24.6 Å². The molecule has 1 amide bonds. The van der Waals surface area contributed by atoms with E-state index in [4.69, 9.17) is 23.1 Å². The molecule has 21 heavy (non-hydrogen) atoms. The second-order valence-corrected chi connectivity index (χ2v) is 7.30. The quantitative estimate of drug-likeness (QED) is 0.662. The van der Waals surface area contributed by atoms with Gasteiger partial charge in [0.25, 0.3) is 0 Å². The third kappa shape index (κ3) is 2.84. The molecule has 1 aromatic rings. The predicted octanol–water partition coefficient (Wildman–Crippen LogP) is -0.160. The molecule has 1 aliphatic heterocycles. The monoisotopic (exact) mass is 333 g/mol. The van der Waals surface area contributed by atoms with Crippen LogP contribution in [0.5, 0.6) is 0 Å². The number of hydrogen-bond acceptors (Lipinski definition) is 5. The number of benzene rings is 1. The van der Waals surface area contributed by atoms with E-state index in [0.29, 0.717) is 5.56 Å². The van der Waals surface area contributed by atoms with E-state index in [0.717, 1.165) is 4.31 Å². The highest BCUT2D eigenvalue weighted by atomic mass is 35.5. The van der Waals surface area contributed by atoms with Crippen LogP contribution in [0.15, 0.2) is 17.0 Å². The Balaban J connectivity index is 2.49. The lowest BCUT2D eigenvalue weighted by Crippen LogP contribution is -2.43. The third-order valence-corrected chi connectivity index (χ3v) is 5.77. The van der Waals surface area contributed by atoms with Crippen molar-refractivity contribution in [1.29, 1.82) is 0 Å². The number of β-amino-alcohol motifs (C(OH)–C–C–N with tert-alkyl or cyclic N) is 1. The van der Waals surface area contributed by atoms with Crippen LogP contribution in [-0.2, 0) is 14.8 Å². The molecule has 0 spiro atoms. The van der Waals surface area contributed by atoms with Gasteiger partial charge in [-0.3, -0.25) is 4.79 Å². The molecule has 2 atom stereocenters. The highest BCUT2D eigenvalue weighted by Crippen LogP contribution is 2.31. The topological polar surface area (TPSA) is 127 Å². The minimum Gasteiger partial charge on any atom is -0.398 e. The average Bonchev–Trinajstić information content (AvgIpc) is 2.78. The molecule has 1 fully saturated rings. The standard InChI is InChI=1S/C12H16ClN3O4S/c1-6-9(13)3-8(4-10(6)14)21(19,20)16-5-7(17)2-11(16)12(15)18/h3-4,7,11,17H,2,5,14H2,1H3,(H2,15,18). The smallest absolute Gasteiger partial charge is 0.244 e. The maximum atomic E-state index is 12.6. The lowest BCUT2D eigenvalue weighted by molar-refractivity contribution is -0.121. The summed E-state index contributed by atoms with van der Waals surface area (Å²) in [5.74, 6) is -0.804. The Labute approximate surface area is 127 Å². The maximum absolute atomic E-state index is 12.6. The Morgan fingerprint density at radius 2 is 2.10 bits per heavy atom. The summed E-state index contributed by atoms with van der Waals surface area (Å²) in [5.41, 5.74) is 11.7. The van der Waals surface area contributed by atoms with E-state index in [2.05, 4.69) is 0 Å². The van der Waals surface area contributed by atoms with Gasteiger partial charge in [-0.25, -0.2) is 8.42 Å². The average molecular weight is 334 g/mol. The first-order chi connectivity index (χ1) is 9.64. The van der Waals surface area contributed by atoms with E-state index in [1.807, 2.05) is 0 Å². The molecule has 116 valence electrons. The van der Waals surface area contributed by atoms with Crippen molar-refractivity contribution in [3.63, 3.8) is 0 Å². The maximum Gasteiger partial charge on any atom is 0.244 e. The number of rotatable bonds is 3.